The first-order chi connectivity index (χ1) is 10.1. The summed E-state index contributed by atoms with van der Waals surface area (Å²) in [4.78, 5) is 5.31. The van der Waals surface area contributed by atoms with Gasteiger partial charge in [0.25, 0.3) is 0 Å². The zero-order valence-electron chi connectivity index (χ0n) is 13.2. The van der Waals surface area contributed by atoms with E-state index in [-0.39, 0.29) is 0 Å². The Hall–Kier alpha value is -1.48. The highest BCUT2D eigenvalue weighted by molar-refractivity contribution is 7.12. The molecule has 2 aromatic rings. The molecule has 1 N–H and O–H groups in total. The number of benzene rings is 1. The van der Waals surface area contributed by atoms with Crippen LogP contribution in [0.4, 0.5) is 11.4 Å². The SMILES string of the molecule is Cc1cc(CNc2ccc(N3CCCC3)cc2C)c(C)s1. The summed E-state index contributed by atoms with van der Waals surface area (Å²) < 4.78 is 0. The van der Waals surface area contributed by atoms with Crippen molar-refractivity contribution < 1.29 is 0 Å². The third-order valence-electron chi connectivity index (χ3n) is 4.29. The van der Waals surface area contributed by atoms with Crippen LogP contribution in [0.3, 0.4) is 0 Å². The lowest BCUT2D eigenvalue weighted by Crippen LogP contribution is -2.17. The summed E-state index contributed by atoms with van der Waals surface area (Å²) in [5, 5.41) is 3.59. The van der Waals surface area contributed by atoms with Crippen molar-refractivity contribution in [1.82, 2.24) is 0 Å². The Kier molecular flexibility index (Phi) is 4.20. The highest BCUT2D eigenvalue weighted by atomic mass is 32.1. The molecule has 0 radical (unpaired) electrons. The van der Waals surface area contributed by atoms with Gasteiger partial charge in [-0.05, 0) is 69.0 Å². The van der Waals surface area contributed by atoms with E-state index in [1.807, 2.05) is 11.3 Å². The molecule has 21 heavy (non-hydrogen) atoms. The van der Waals surface area contributed by atoms with Crippen LogP contribution in [0.15, 0.2) is 24.3 Å². The van der Waals surface area contributed by atoms with Gasteiger partial charge in [-0.2, -0.15) is 0 Å². The minimum atomic E-state index is 0.917. The number of anilines is 2. The molecule has 1 aromatic heterocycles. The van der Waals surface area contributed by atoms with Crippen molar-refractivity contribution in [2.24, 2.45) is 0 Å². The van der Waals surface area contributed by atoms with Crippen molar-refractivity contribution in [1.29, 1.82) is 0 Å². The molecule has 0 saturated carbocycles. The van der Waals surface area contributed by atoms with Crippen LogP contribution in [0, 0.1) is 20.8 Å². The molecule has 2 nitrogen and oxygen atoms in total. The molecule has 0 amide bonds. The van der Waals surface area contributed by atoms with Crippen LogP contribution in [0.5, 0.6) is 0 Å². The molecule has 0 spiro atoms. The normalized spacial score (nSPS) is 14.7. The minimum absolute atomic E-state index is 0.917. The monoisotopic (exact) mass is 300 g/mol. The van der Waals surface area contributed by atoms with Crippen molar-refractivity contribution in [2.45, 2.75) is 40.2 Å². The minimum Gasteiger partial charge on any atom is -0.381 e. The zero-order chi connectivity index (χ0) is 14.8. The van der Waals surface area contributed by atoms with Gasteiger partial charge in [0.1, 0.15) is 0 Å². The van der Waals surface area contributed by atoms with Gasteiger partial charge in [0.15, 0.2) is 0 Å². The van der Waals surface area contributed by atoms with Crippen LogP contribution in [0.1, 0.15) is 33.7 Å². The zero-order valence-corrected chi connectivity index (χ0v) is 14.0. The Labute approximate surface area is 131 Å². The van der Waals surface area contributed by atoms with Crippen molar-refractivity contribution in [3.8, 4) is 0 Å². The van der Waals surface area contributed by atoms with Gasteiger partial charge in [-0.15, -0.1) is 11.3 Å². The molecule has 1 saturated heterocycles. The average Bonchev–Trinajstić information content (AvgIpc) is 3.07. The van der Waals surface area contributed by atoms with E-state index in [0.29, 0.717) is 0 Å². The molecular weight excluding hydrogens is 276 g/mol. The highest BCUT2D eigenvalue weighted by Crippen LogP contribution is 2.27. The highest BCUT2D eigenvalue weighted by Gasteiger charge is 2.13. The van der Waals surface area contributed by atoms with E-state index in [1.165, 1.54) is 58.2 Å². The quantitative estimate of drug-likeness (QED) is 0.865. The molecule has 1 aromatic carbocycles. The molecule has 2 heterocycles. The molecule has 0 atom stereocenters. The largest absolute Gasteiger partial charge is 0.381 e. The van der Waals surface area contributed by atoms with E-state index in [9.17, 15) is 0 Å². The maximum atomic E-state index is 3.59. The van der Waals surface area contributed by atoms with Crippen LogP contribution in [0.2, 0.25) is 0 Å². The fourth-order valence-electron chi connectivity index (χ4n) is 3.07. The summed E-state index contributed by atoms with van der Waals surface area (Å²) in [5.74, 6) is 0. The Morgan fingerprint density at radius 2 is 1.86 bits per heavy atom. The van der Waals surface area contributed by atoms with Crippen molar-refractivity contribution >= 4 is 22.7 Å². The third kappa shape index (κ3) is 3.24. The second-order valence-corrected chi connectivity index (χ2v) is 7.45. The summed E-state index contributed by atoms with van der Waals surface area (Å²) in [6, 6.07) is 9.10. The molecule has 0 bridgehead atoms. The van der Waals surface area contributed by atoms with E-state index in [1.54, 1.807) is 0 Å². The number of aryl methyl sites for hydroxylation is 3. The fraction of sp³-hybridized carbons (Fsp3) is 0.444. The Morgan fingerprint density at radius 3 is 2.48 bits per heavy atom. The van der Waals surface area contributed by atoms with Crippen molar-refractivity contribution in [3.05, 3.63) is 45.1 Å². The summed E-state index contributed by atoms with van der Waals surface area (Å²) in [7, 11) is 0. The number of nitrogens with zero attached hydrogens (tertiary/aromatic N) is 1. The van der Waals surface area contributed by atoms with Crippen LogP contribution in [-0.2, 0) is 6.54 Å². The smallest absolute Gasteiger partial charge is 0.0411 e. The Balaban J connectivity index is 1.69. The number of rotatable bonds is 4. The lowest BCUT2D eigenvalue weighted by Gasteiger charge is -2.19. The molecule has 112 valence electrons. The Morgan fingerprint density at radius 1 is 1.10 bits per heavy atom. The maximum Gasteiger partial charge on any atom is 0.0411 e. The number of hydrogen-bond acceptors (Lipinski definition) is 3. The van der Waals surface area contributed by atoms with E-state index < -0.39 is 0 Å². The molecule has 1 aliphatic rings. The molecule has 0 aliphatic carbocycles. The van der Waals surface area contributed by atoms with E-state index in [4.69, 9.17) is 0 Å². The predicted octanol–water partition coefficient (Wildman–Crippen LogP) is 4.89. The van der Waals surface area contributed by atoms with Gasteiger partial charge < -0.3 is 10.2 Å². The number of nitrogens with one attached hydrogen (secondary N) is 1. The van der Waals surface area contributed by atoms with Gasteiger partial charge in [0, 0.05) is 40.8 Å². The molecule has 1 fully saturated rings. The predicted molar refractivity (Wildman–Crippen MR) is 93.7 cm³/mol. The number of hydrogen-bond donors (Lipinski definition) is 1. The number of thiophene rings is 1. The summed E-state index contributed by atoms with van der Waals surface area (Å²) in [5.41, 5.74) is 5.38. The summed E-state index contributed by atoms with van der Waals surface area (Å²) in [6.07, 6.45) is 2.66. The van der Waals surface area contributed by atoms with Gasteiger partial charge in [-0.1, -0.05) is 0 Å². The average molecular weight is 300 g/mol. The molecular formula is C18H24N2S. The van der Waals surface area contributed by atoms with Crippen molar-refractivity contribution in [3.63, 3.8) is 0 Å². The van der Waals surface area contributed by atoms with Crippen LogP contribution in [0.25, 0.3) is 0 Å². The molecule has 3 heteroatoms. The topological polar surface area (TPSA) is 15.3 Å². The second-order valence-electron chi connectivity index (χ2n) is 5.99. The van der Waals surface area contributed by atoms with Gasteiger partial charge >= 0.3 is 0 Å². The van der Waals surface area contributed by atoms with E-state index >= 15 is 0 Å². The first kappa shape index (κ1) is 14.5. The lowest BCUT2D eigenvalue weighted by molar-refractivity contribution is 0.949. The fourth-order valence-corrected chi connectivity index (χ4v) is 4.01. The first-order valence-corrected chi connectivity index (χ1v) is 8.60. The Bertz CT molecular complexity index is 624. The van der Waals surface area contributed by atoms with Crippen molar-refractivity contribution in [2.75, 3.05) is 23.3 Å². The first-order valence-electron chi connectivity index (χ1n) is 7.79. The molecule has 1 aliphatic heterocycles. The standard InChI is InChI=1S/C18H24N2S/c1-13-10-17(20-8-4-5-9-20)6-7-18(13)19-12-16-11-14(2)21-15(16)3/h6-7,10-11,19H,4-5,8-9,12H2,1-3H3. The maximum absolute atomic E-state index is 3.59. The van der Waals surface area contributed by atoms with Gasteiger partial charge in [0.2, 0.25) is 0 Å². The molecule has 0 unspecified atom stereocenters. The van der Waals surface area contributed by atoms with Crippen LogP contribution < -0.4 is 10.2 Å². The van der Waals surface area contributed by atoms with E-state index in [0.717, 1.165) is 6.54 Å². The van der Waals surface area contributed by atoms with Crippen LogP contribution >= 0.6 is 11.3 Å². The summed E-state index contributed by atoms with van der Waals surface area (Å²) in [6.45, 7) is 9.92. The third-order valence-corrected chi connectivity index (χ3v) is 5.30. The summed E-state index contributed by atoms with van der Waals surface area (Å²) >= 11 is 1.88. The van der Waals surface area contributed by atoms with Crippen LogP contribution in [-0.4, -0.2) is 13.1 Å². The van der Waals surface area contributed by atoms with E-state index in [2.05, 4.69) is 55.3 Å². The molecule has 3 rings (SSSR count). The van der Waals surface area contributed by atoms with Gasteiger partial charge in [-0.25, -0.2) is 0 Å². The second kappa shape index (κ2) is 6.10. The van der Waals surface area contributed by atoms with Gasteiger partial charge in [0.05, 0.1) is 0 Å². The van der Waals surface area contributed by atoms with Gasteiger partial charge in [-0.3, -0.25) is 0 Å². The lowest BCUT2D eigenvalue weighted by atomic mass is 10.1.